The average Bonchev–Trinajstić information content (AvgIpc) is 2.91. The van der Waals surface area contributed by atoms with Gasteiger partial charge in [-0.15, -0.1) is 0 Å². The summed E-state index contributed by atoms with van der Waals surface area (Å²) in [6, 6.07) is 16.4. The molecule has 0 aliphatic rings. The molecule has 40 heavy (non-hydrogen) atoms. The summed E-state index contributed by atoms with van der Waals surface area (Å²) in [6.07, 6.45) is -0.368. The van der Waals surface area contributed by atoms with Crippen LogP contribution in [0.5, 0.6) is 0 Å². The van der Waals surface area contributed by atoms with Crippen molar-refractivity contribution in [2.75, 3.05) is 6.54 Å². The number of nitrogens with one attached hydrogen (secondary N) is 4. The maximum Gasteiger partial charge on any atom is 0.305 e. The van der Waals surface area contributed by atoms with E-state index >= 15 is 0 Å². The van der Waals surface area contributed by atoms with Crippen molar-refractivity contribution in [3.8, 4) is 0 Å². The van der Waals surface area contributed by atoms with Crippen LogP contribution in [0.15, 0.2) is 66.7 Å². The number of hydrogen-bond donors (Lipinski definition) is 5. The van der Waals surface area contributed by atoms with Gasteiger partial charge < -0.3 is 26.4 Å². The van der Waals surface area contributed by atoms with Crippen molar-refractivity contribution < 1.29 is 28.7 Å². The number of hydrogen-bond acceptors (Lipinski definition) is 5. The van der Waals surface area contributed by atoms with Crippen molar-refractivity contribution in [3.05, 3.63) is 83.7 Å². The Hall–Kier alpha value is -4.31. The second-order valence-corrected chi connectivity index (χ2v) is 10.0. The van der Waals surface area contributed by atoms with Crippen LogP contribution in [-0.4, -0.2) is 53.5 Å². The molecule has 5 N–H and O–H groups in total. The molecule has 212 valence electrons. The zero-order chi connectivity index (χ0) is 29.2. The third kappa shape index (κ3) is 8.60. The SMILES string of the molecule is CC(C)[C@H](NC(=O)c1ccc2ccccc2c1)C(=O)N[C@@H](C)C(=O)N[C@H](CNCc1ccccc1F)CC(=O)O. The molecule has 0 aliphatic carbocycles. The van der Waals surface area contributed by atoms with Crippen molar-refractivity contribution in [1.29, 1.82) is 0 Å². The topological polar surface area (TPSA) is 137 Å². The lowest BCUT2D eigenvalue weighted by Gasteiger charge is -2.25. The van der Waals surface area contributed by atoms with E-state index in [0.29, 0.717) is 11.1 Å². The quantitative estimate of drug-likeness (QED) is 0.222. The zero-order valence-corrected chi connectivity index (χ0v) is 22.7. The molecule has 0 saturated heterocycles. The van der Waals surface area contributed by atoms with Crippen molar-refractivity contribution in [3.63, 3.8) is 0 Å². The molecule has 0 unspecified atom stereocenters. The van der Waals surface area contributed by atoms with Crippen LogP contribution in [0.25, 0.3) is 10.8 Å². The number of halogens is 1. The predicted octanol–water partition coefficient (Wildman–Crippen LogP) is 2.99. The van der Waals surface area contributed by atoms with Gasteiger partial charge in [-0.3, -0.25) is 19.2 Å². The van der Waals surface area contributed by atoms with E-state index in [-0.39, 0.29) is 25.4 Å². The number of rotatable bonds is 13. The molecule has 0 bridgehead atoms. The Labute approximate surface area is 232 Å². The Kier molecular flexibility index (Phi) is 10.7. The molecule has 3 rings (SSSR count). The van der Waals surface area contributed by atoms with Crippen LogP contribution >= 0.6 is 0 Å². The van der Waals surface area contributed by atoms with Crippen LogP contribution in [0.3, 0.4) is 0 Å². The molecule has 0 saturated carbocycles. The molecule has 10 heteroatoms. The normalized spacial score (nSPS) is 13.3. The number of carboxylic acids is 1. The zero-order valence-electron chi connectivity index (χ0n) is 22.7. The second-order valence-electron chi connectivity index (χ2n) is 10.0. The monoisotopic (exact) mass is 550 g/mol. The van der Waals surface area contributed by atoms with Crippen LogP contribution < -0.4 is 21.3 Å². The van der Waals surface area contributed by atoms with Crippen LogP contribution in [0.4, 0.5) is 4.39 Å². The van der Waals surface area contributed by atoms with Gasteiger partial charge in [-0.05, 0) is 41.8 Å². The number of carbonyl (C=O) groups is 4. The van der Waals surface area contributed by atoms with E-state index in [1.807, 2.05) is 30.3 Å². The Morgan fingerprint density at radius 2 is 1.50 bits per heavy atom. The summed E-state index contributed by atoms with van der Waals surface area (Å²) in [7, 11) is 0. The summed E-state index contributed by atoms with van der Waals surface area (Å²) in [5.41, 5.74) is 0.816. The molecule has 0 aromatic heterocycles. The maximum absolute atomic E-state index is 13.9. The van der Waals surface area contributed by atoms with Crippen molar-refractivity contribution >= 4 is 34.5 Å². The maximum atomic E-state index is 13.9. The largest absolute Gasteiger partial charge is 0.481 e. The molecule has 3 atom stereocenters. The molecular formula is C30H35FN4O5. The Morgan fingerprint density at radius 3 is 2.17 bits per heavy atom. The van der Waals surface area contributed by atoms with Crippen molar-refractivity contribution in [1.82, 2.24) is 21.3 Å². The van der Waals surface area contributed by atoms with E-state index in [1.165, 1.54) is 13.0 Å². The number of fused-ring (bicyclic) bond motifs is 1. The second kappa shape index (κ2) is 14.2. The molecule has 0 spiro atoms. The van der Waals surface area contributed by atoms with Gasteiger partial charge in [0, 0.05) is 24.2 Å². The Balaban J connectivity index is 1.58. The number of carbonyl (C=O) groups excluding carboxylic acids is 3. The highest BCUT2D eigenvalue weighted by atomic mass is 19.1. The van der Waals surface area contributed by atoms with E-state index in [4.69, 9.17) is 0 Å². The molecule has 0 fully saturated rings. The van der Waals surface area contributed by atoms with Gasteiger partial charge in [-0.25, -0.2) is 4.39 Å². The van der Waals surface area contributed by atoms with Gasteiger partial charge >= 0.3 is 5.97 Å². The molecule has 3 aromatic carbocycles. The summed E-state index contributed by atoms with van der Waals surface area (Å²) in [6.45, 7) is 5.25. The van der Waals surface area contributed by atoms with E-state index in [9.17, 15) is 28.7 Å². The van der Waals surface area contributed by atoms with E-state index < -0.39 is 47.6 Å². The van der Waals surface area contributed by atoms with Crippen molar-refractivity contribution in [2.24, 2.45) is 5.92 Å². The summed E-state index contributed by atoms with van der Waals surface area (Å²) in [5.74, 6) is -3.33. The third-order valence-electron chi connectivity index (χ3n) is 6.43. The third-order valence-corrected chi connectivity index (χ3v) is 6.43. The number of carboxylic acid groups (broad SMARTS) is 1. The molecule has 9 nitrogen and oxygen atoms in total. The molecule has 0 radical (unpaired) electrons. The van der Waals surface area contributed by atoms with E-state index in [0.717, 1.165) is 10.8 Å². The predicted molar refractivity (Wildman–Crippen MR) is 150 cm³/mol. The Bertz CT molecular complexity index is 1360. The average molecular weight is 551 g/mol. The fraction of sp³-hybridized carbons (Fsp3) is 0.333. The van der Waals surface area contributed by atoms with E-state index in [1.54, 1.807) is 44.2 Å². The highest BCUT2D eigenvalue weighted by Gasteiger charge is 2.28. The van der Waals surface area contributed by atoms with E-state index in [2.05, 4.69) is 21.3 Å². The van der Waals surface area contributed by atoms with Gasteiger partial charge in [0.05, 0.1) is 12.5 Å². The minimum atomic E-state index is -1.12. The highest BCUT2D eigenvalue weighted by molar-refractivity contribution is 6.01. The molecule has 3 amide bonds. The summed E-state index contributed by atoms with van der Waals surface area (Å²) < 4.78 is 13.9. The van der Waals surface area contributed by atoms with Crippen LogP contribution in [-0.2, 0) is 20.9 Å². The standard InChI is InChI=1S/C30H35FN4O5/c1-18(2)27(35-29(39)22-13-12-20-8-4-5-9-21(20)14-22)30(40)33-19(3)28(38)34-24(15-26(36)37)17-32-16-23-10-6-7-11-25(23)31/h4-14,18-19,24,27,32H,15-17H2,1-3H3,(H,33,40)(H,34,38)(H,35,39)(H,36,37)/t19-,24-,27-/m0/s1. The lowest BCUT2D eigenvalue weighted by atomic mass is 10.0. The molecule has 3 aromatic rings. The summed E-state index contributed by atoms with van der Waals surface area (Å²) in [5, 5.41) is 22.1. The molecular weight excluding hydrogens is 515 g/mol. The van der Waals surface area contributed by atoms with Crippen molar-refractivity contribution in [2.45, 2.75) is 51.9 Å². The first-order valence-electron chi connectivity index (χ1n) is 13.1. The first kappa shape index (κ1) is 30.2. The Morgan fingerprint density at radius 1 is 0.825 bits per heavy atom. The lowest BCUT2D eigenvalue weighted by molar-refractivity contribution is -0.138. The highest BCUT2D eigenvalue weighted by Crippen LogP contribution is 2.16. The van der Waals surface area contributed by atoms with Crippen LogP contribution in [0.2, 0.25) is 0 Å². The minimum absolute atomic E-state index is 0.0729. The number of amides is 3. The van der Waals surface area contributed by atoms with Gasteiger partial charge in [0.2, 0.25) is 11.8 Å². The lowest BCUT2D eigenvalue weighted by Crippen LogP contribution is -2.56. The minimum Gasteiger partial charge on any atom is -0.481 e. The smallest absolute Gasteiger partial charge is 0.305 e. The van der Waals surface area contributed by atoms with Crippen LogP contribution in [0.1, 0.15) is 43.1 Å². The molecule has 0 heterocycles. The number of aliphatic carboxylic acids is 1. The first-order chi connectivity index (χ1) is 19.0. The first-order valence-corrected chi connectivity index (χ1v) is 13.1. The van der Waals surface area contributed by atoms with Gasteiger partial charge in [-0.1, -0.05) is 62.4 Å². The fourth-order valence-electron chi connectivity index (χ4n) is 4.19. The number of benzene rings is 3. The van der Waals surface area contributed by atoms with Gasteiger partial charge in [0.25, 0.3) is 5.91 Å². The molecule has 0 aliphatic heterocycles. The van der Waals surface area contributed by atoms with Crippen LogP contribution in [0, 0.1) is 11.7 Å². The fourth-order valence-corrected chi connectivity index (χ4v) is 4.19. The van der Waals surface area contributed by atoms with Gasteiger partial charge in [-0.2, -0.15) is 0 Å². The van der Waals surface area contributed by atoms with Gasteiger partial charge in [0.1, 0.15) is 17.9 Å². The van der Waals surface area contributed by atoms with Gasteiger partial charge in [0.15, 0.2) is 0 Å². The summed E-state index contributed by atoms with van der Waals surface area (Å²) >= 11 is 0. The summed E-state index contributed by atoms with van der Waals surface area (Å²) in [4.78, 5) is 50.2.